The van der Waals surface area contributed by atoms with E-state index in [2.05, 4.69) is 200 Å². The molecule has 0 aliphatic heterocycles. The first-order valence-corrected chi connectivity index (χ1v) is 22.7. The van der Waals surface area contributed by atoms with Crippen LogP contribution in [-0.4, -0.2) is 9.97 Å². The highest BCUT2D eigenvalue weighted by Gasteiger charge is 2.18. The molecule has 4 aromatic heterocycles. The van der Waals surface area contributed by atoms with Crippen molar-refractivity contribution in [1.82, 2.24) is 9.97 Å². The van der Waals surface area contributed by atoms with E-state index in [9.17, 15) is 0 Å². The average molecular weight is 839 g/mol. The van der Waals surface area contributed by atoms with Crippen LogP contribution in [-0.2, 0) is 0 Å². The van der Waals surface area contributed by atoms with E-state index in [1.807, 2.05) is 22.7 Å². The van der Waals surface area contributed by atoms with Crippen LogP contribution in [0.1, 0.15) is 0 Å². The Morgan fingerprint density at radius 2 is 0.778 bits per heavy atom. The van der Waals surface area contributed by atoms with Crippen molar-refractivity contribution in [2.45, 2.75) is 0 Å². The standard InChI is InChI=1S/C58H34N2OS2/c1-3-25-52-46(19-1)48-23-9-21-44(57(48)62-52)41-16-6-13-37(30-41)35-11-5-12-36(29-35)39-15-8-18-43(32-39)54-56-55(60-34-59-54)50-33-40(27-28-51(50)61-56)38-14-7-17-42(31-38)45-22-10-24-49-47-20-2-4-26-53(47)63-58(45)49/h1-34H. The second-order valence-electron chi connectivity index (χ2n) is 16.1. The Morgan fingerprint density at radius 3 is 1.35 bits per heavy atom. The molecule has 4 heterocycles. The molecular formula is C58H34N2OS2. The first-order valence-electron chi connectivity index (χ1n) is 21.1. The smallest absolute Gasteiger partial charge is 0.180 e. The van der Waals surface area contributed by atoms with Gasteiger partial charge in [-0.25, -0.2) is 9.97 Å². The maximum Gasteiger partial charge on any atom is 0.180 e. The van der Waals surface area contributed by atoms with Gasteiger partial charge in [0.1, 0.15) is 23.1 Å². The molecule has 63 heavy (non-hydrogen) atoms. The summed E-state index contributed by atoms with van der Waals surface area (Å²) in [7, 11) is 0. The monoisotopic (exact) mass is 838 g/mol. The SMILES string of the molecule is c1cc(-c2cccc(-c3ncnc4c3oc3ccc(-c5cccc(-c6cccc7c6sc6ccccc67)c5)cc34)c2)cc(-c2cccc(-c3cccc4c3sc3ccccc34)c2)c1. The van der Waals surface area contributed by atoms with Crippen molar-refractivity contribution in [3.63, 3.8) is 0 Å². The molecule has 0 bridgehead atoms. The lowest BCUT2D eigenvalue weighted by molar-refractivity contribution is 0.667. The van der Waals surface area contributed by atoms with E-state index in [4.69, 9.17) is 14.4 Å². The lowest BCUT2D eigenvalue weighted by Crippen LogP contribution is -1.88. The van der Waals surface area contributed by atoms with Crippen LogP contribution in [0.2, 0.25) is 0 Å². The number of nitrogens with zero attached hydrogens (tertiary/aromatic N) is 2. The Morgan fingerprint density at radius 1 is 0.333 bits per heavy atom. The maximum atomic E-state index is 6.59. The zero-order valence-corrected chi connectivity index (χ0v) is 35.4. The van der Waals surface area contributed by atoms with E-state index < -0.39 is 0 Å². The summed E-state index contributed by atoms with van der Waals surface area (Å²) in [5, 5.41) is 6.21. The number of benzene rings is 9. The number of fused-ring (bicyclic) bond motifs is 9. The Hall–Kier alpha value is -7.70. The molecule has 0 aliphatic rings. The quantitative estimate of drug-likeness (QED) is 0.167. The summed E-state index contributed by atoms with van der Waals surface area (Å²) < 4.78 is 11.9. The second-order valence-corrected chi connectivity index (χ2v) is 18.2. The largest absolute Gasteiger partial charge is 0.452 e. The molecule has 0 saturated carbocycles. The molecule has 0 N–H and O–H groups in total. The van der Waals surface area contributed by atoms with Crippen LogP contribution in [0, 0.1) is 0 Å². The topological polar surface area (TPSA) is 38.9 Å². The number of furan rings is 1. The minimum atomic E-state index is 0.686. The van der Waals surface area contributed by atoms with Gasteiger partial charge >= 0.3 is 0 Å². The average Bonchev–Trinajstić information content (AvgIpc) is 4.05. The molecule has 13 rings (SSSR count). The summed E-state index contributed by atoms with van der Waals surface area (Å²) >= 11 is 3.73. The van der Waals surface area contributed by atoms with Crippen molar-refractivity contribution in [2.24, 2.45) is 0 Å². The predicted octanol–water partition coefficient (Wildman–Crippen LogP) is 17.1. The summed E-state index contributed by atoms with van der Waals surface area (Å²) in [5.74, 6) is 0. The molecular weight excluding hydrogens is 805 g/mol. The van der Waals surface area contributed by atoms with Gasteiger partial charge in [-0.15, -0.1) is 22.7 Å². The second kappa shape index (κ2) is 14.5. The van der Waals surface area contributed by atoms with E-state index in [0.717, 1.165) is 50.0 Å². The van der Waals surface area contributed by atoms with E-state index in [-0.39, 0.29) is 0 Å². The van der Waals surface area contributed by atoms with Gasteiger partial charge in [0.2, 0.25) is 0 Å². The van der Waals surface area contributed by atoms with Gasteiger partial charge < -0.3 is 4.42 Å². The maximum absolute atomic E-state index is 6.59. The van der Waals surface area contributed by atoms with Crippen molar-refractivity contribution in [3.05, 3.63) is 207 Å². The third-order valence-electron chi connectivity index (χ3n) is 12.4. The Bertz CT molecular complexity index is 3950. The molecule has 0 unspecified atom stereocenters. The van der Waals surface area contributed by atoms with Crippen molar-refractivity contribution in [2.75, 3.05) is 0 Å². The summed E-state index contributed by atoms with van der Waals surface area (Å²) in [4.78, 5) is 9.60. The predicted molar refractivity (Wildman–Crippen MR) is 268 cm³/mol. The molecule has 9 aromatic carbocycles. The molecule has 0 saturated heterocycles. The van der Waals surface area contributed by atoms with Crippen LogP contribution in [0.15, 0.2) is 211 Å². The number of thiophene rings is 2. The number of hydrogen-bond donors (Lipinski definition) is 0. The minimum absolute atomic E-state index is 0.686. The first-order chi connectivity index (χ1) is 31.2. The lowest BCUT2D eigenvalue weighted by Gasteiger charge is -2.10. The van der Waals surface area contributed by atoms with E-state index in [1.54, 1.807) is 6.33 Å². The van der Waals surface area contributed by atoms with Gasteiger partial charge in [-0.2, -0.15) is 0 Å². The fourth-order valence-electron chi connectivity index (χ4n) is 9.37. The molecule has 3 nitrogen and oxygen atoms in total. The van der Waals surface area contributed by atoms with Gasteiger partial charge in [0.05, 0.1) is 0 Å². The van der Waals surface area contributed by atoms with Crippen molar-refractivity contribution >= 4 is 85.1 Å². The van der Waals surface area contributed by atoms with Crippen LogP contribution in [0.25, 0.3) is 129 Å². The van der Waals surface area contributed by atoms with Crippen LogP contribution in [0.3, 0.4) is 0 Å². The van der Waals surface area contributed by atoms with Crippen LogP contribution < -0.4 is 0 Å². The molecule has 0 radical (unpaired) electrons. The van der Waals surface area contributed by atoms with E-state index in [0.29, 0.717) is 5.58 Å². The molecule has 13 aromatic rings. The van der Waals surface area contributed by atoms with Crippen LogP contribution in [0.5, 0.6) is 0 Å². The van der Waals surface area contributed by atoms with Gasteiger partial charge in [-0.3, -0.25) is 0 Å². The normalized spacial score (nSPS) is 11.8. The zero-order chi connectivity index (χ0) is 41.4. The summed E-state index contributed by atoms with van der Waals surface area (Å²) in [6.07, 6.45) is 1.66. The third-order valence-corrected chi connectivity index (χ3v) is 14.8. The van der Waals surface area contributed by atoms with Crippen molar-refractivity contribution in [1.29, 1.82) is 0 Å². The van der Waals surface area contributed by atoms with Gasteiger partial charge in [-0.05, 0) is 104 Å². The Balaban J connectivity index is 0.834. The van der Waals surface area contributed by atoms with Gasteiger partial charge in [0.25, 0.3) is 0 Å². The highest BCUT2D eigenvalue weighted by molar-refractivity contribution is 7.26. The fraction of sp³-hybridized carbons (Fsp3) is 0. The molecule has 0 aliphatic carbocycles. The minimum Gasteiger partial charge on any atom is -0.452 e. The highest BCUT2D eigenvalue weighted by Crippen LogP contribution is 2.43. The van der Waals surface area contributed by atoms with Crippen LogP contribution >= 0.6 is 22.7 Å². The van der Waals surface area contributed by atoms with Crippen molar-refractivity contribution < 1.29 is 4.42 Å². The lowest BCUT2D eigenvalue weighted by atomic mass is 9.95. The third kappa shape index (κ3) is 6.00. The molecule has 0 fully saturated rings. The number of rotatable bonds is 6. The summed E-state index contributed by atoms with van der Waals surface area (Å²) in [6, 6.07) is 72.3. The molecule has 5 heteroatoms. The van der Waals surface area contributed by atoms with Crippen molar-refractivity contribution in [3.8, 4) is 66.9 Å². The zero-order valence-electron chi connectivity index (χ0n) is 33.7. The Labute approximate surface area is 370 Å². The highest BCUT2D eigenvalue weighted by atomic mass is 32.1. The van der Waals surface area contributed by atoms with Gasteiger partial charge in [0.15, 0.2) is 5.58 Å². The molecule has 0 atom stereocenters. The molecule has 0 spiro atoms. The summed E-state index contributed by atoms with van der Waals surface area (Å²) in [6.45, 7) is 0. The number of aromatic nitrogens is 2. The molecule has 294 valence electrons. The number of hydrogen-bond acceptors (Lipinski definition) is 5. The first kappa shape index (κ1) is 36.0. The van der Waals surface area contributed by atoms with E-state index in [1.165, 1.54) is 73.7 Å². The fourth-order valence-corrected chi connectivity index (χ4v) is 11.8. The Kier molecular flexibility index (Phi) is 8.26. The van der Waals surface area contributed by atoms with Gasteiger partial charge in [-0.1, -0.05) is 152 Å². The van der Waals surface area contributed by atoms with Gasteiger partial charge in [0, 0.05) is 51.3 Å². The summed E-state index contributed by atoms with van der Waals surface area (Å²) in [5.41, 5.74) is 15.8. The molecule has 0 amide bonds. The van der Waals surface area contributed by atoms with E-state index >= 15 is 0 Å². The van der Waals surface area contributed by atoms with Crippen LogP contribution in [0.4, 0.5) is 0 Å².